The number of anilines is 1. The number of carbonyl (C=O) groups is 1. The molecule has 1 aromatic carbocycles. The maximum atomic E-state index is 14.5. The van der Waals surface area contributed by atoms with Crippen LogP contribution in [0.3, 0.4) is 0 Å². The molecule has 3 N–H and O–H groups in total. The van der Waals surface area contributed by atoms with Gasteiger partial charge in [-0.3, -0.25) is 5.43 Å². The molecule has 1 aromatic rings. The van der Waals surface area contributed by atoms with Crippen LogP contribution in [-0.4, -0.2) is 18.2 Å². The van der Waals surface area contributed by atoms with Crippen molar-refractivity contribution in [3.63, 3.8) is 0 Å². The van der Waals surface area contributed by atoms with Gasteiger partial charge in [0.25, 0.3) is 0 Å². The first-order valence-corrected chi connectivity index (χ1v) is 8.55. The summed E-state index contributed by atoms with van der Waals surface area (Å²) in [6.45, 7) is 8.58. The van der Waals surface area contributed by atoms with Gasteiger partial charge in [-0.1, -0.05) is 37.4 Å². The van der Waals surface area contributed by atoms with E-state index in [-0.39, 0.29) is 10.7 Å². The standard InChI is InChI=1S/C17H27ClFN3O2/c1-5-6-7-10-20-11-12-8-9-13(18)15(14(12)19)21-22-16(23)24-17(2,3)4/h8-9,20-21H,5-7,10-11H2,1-4H3,(H,22,23). The minimum atomic E-state index is -0.707. The molecule has 0 saturated heterocycles. The smallest absolute Gasteiger partial charge is 0.426 e. The Labute approximate surface area is 148 Å². The second kappa shape index (κ2) is 9.69. The Kier molecular flexibility index (Phi) is 8.28. The predicted molar refractivity (Wildman–Crippen MR) is 95.6 cm³/mol. The average molecular weight is 360 g/mol. The highest BCUT2D eigenvalue weighted by molar-refractivity contribution is 6.33. The lowest BCUT2D eigenvalue weighted by Gasteiger charge is -2.20. The van der Waals surface area contributed by atoms with Crippen LogP contribution < -0.4 is 16.2 Å². The molecule has 0 heterocycles. The van der Waals surface area contributed by atoms with E-state index < -0.39 is 17.5 Å². The van der Waals surface area contributed by atoms with Gasteiger partial charge in [-0.05, 0) is 39.8 Å². The topological polar surface area (TPSA) is 62.4 Å². The molecule has 7 heteroatoms. The predicted octanol–water partition coefficient (Wildman–Crippen LogP) is 4.61. The van der Waals surface area contributed by atoms with Crippen LogP contribution in [0.5, 0.6) is 0 Å². The van der Waals surface area contributed by atoms with Gasteiger partial charge in [-0.15, -0.1) is 0 Å². The fourth-order valence-electron chi connectivity index (χ4n) is 1.99. The highest BCUT2D eigenvalue weighted by atomic mass is 35.5. The number of rotatable bonds is 8. The van der Waals surface area contributed by atoms with E-state index >= 15 is 0 Å². The second-order valence-corrected chi connectivity index (χ2v) is 6.94. The lowest BCUT2D eigenvalue weighted by atomic mass is 10.1. The summed E-state index contributed by atoms with van der Waals surface area (Å²) in [7, 11) is 0. The molecular formula is C17H27ClFN3O2. The molecule has 1 rings (SSSR count). The Balaban J connectivity index is 2.63. The summed E-state index contributed by atoms with van der Waals surface area (Å²) in [4.78, 5) is 11.6. The first-order valence-electron chi connectivity index (χ1n) is 8.17. The van der Waals surface area contributed by atoms with Crippen LogP contribution in [0.15, 0.2) is 12.1 Å². The summed E-state index contributed by atoms with van der Waals surface area (Å²) in [5.41, 5.74) is 4.65. The van der Waals surface area contributed by atoms with Crippen molar-refractivity contribution in [2.75, 3.05) is 12.0 Å². The number of hydrogen-bond donors (Lipinski definition) is 3. The summed E-state index contributed by atoms with van der Waals surface area (Å²) >= 11 is 6.01. The van der Waals surface area contributed by atoms with Gasteiger partial charge < -0.3 is 10.1 Å². The Morgan fingerprint density at radius 3 is 2.62 bits per heavy atom. The molecule has 0 unspecified atom stereocenters. The van der Waals surface area contributed by atoms with Gasteiger partial charge in [-0.2, -0.15) is 0 Å². The summed E-state index contributed by atoms with van der Waals surface area (Å²) in [6, 6.07) is 3.22. The molecule has 0 aliphatic rings. The molecule has 0 bridgehead atoms. The van der Waals surface area contributed by atoms with Crippen molar-refractivity contribution in [2.45, 2.75) is 59.1 Å². The van der Waals surface area contributed by atoms with Gasteiger partial charge in [0, 0.05) is 12.1 Å². The van der Waals surface area contributed by atoms with Crippen LogP contribution in [0, 0.1) is 5.82 Å². The van der Waals surface area contributed by atoms with Crippen molar-refractivity contribution >= 4 is 23.4 Å². The van der Waals surface area contributed by atoms with E-state index in [1.165, 1.54) is 0 Å². The molecule has 5 nitrogen and oxygen atoms in total. The average Bonchev–Trinajstić information content (AvgIpc) is 2.47. The number of nitrogens with one attached hydrogen (secondary N) is 3. The van der Waals surface area contributed by atoms with Gasteiger partial charge in [0.1, 0.15) is 11.3 Å². The molecule has 0 saturated carbocycles. The maximum Gasteiger partial charge on any atom is 0.426 e. The monoisotopic (exact) mass is 359 g/mol. The number of hydrazine groups is 1. The molecule has 0 atom stereocenters. The highest BCUT2D eigenvalue weighted by Crippen LogP contribution is 2.27. The normalized spacial score (nSPS) is 11.2. The minimum absolute atomic E-state index is 0.0235. The van der Waals surface area contributed by atoms with Crippen LogP contribution in [0.4, 0.5) is 14.9 Å². The largest absolute Gasteiger partial charge is 0.443 e. The van der Waals surface area contributed by atoms with Crippen molar-refractivity contribution in [1.29, 1.82) is 0 Å². The van der Waals surface area contributed by atoms with Gasteiger partial charge in [0.2, 0.25) is 0 Å². The van der Waals surface area contributed by atoms with Crippen molar-refractivity contribution in [3.8, 4) is 0 Å². The first-order chi connectivity index (χ1) is 11.2. The van der Waals surface area contributed by atoms with E-state index in [1.54, 1.807) is 32.9 Å². The number of benzene rings is 1. The van der Waals surface area contributed by atoms with Crippen LogP contribution in [0.25, 0.3) is 0 Å². The molecule has 0 radical (unpaired) electrons. The molecule has 24 heavy (non-hydrogen) atoms. The molecule has 1 amide bonds. The summed E-state index contributed by atoms with van der Waals surface area (Å²) < 4.78 is 19.6. The third-order valence-corrected chi connectivity index (χ3v) is 3.45. The third-order valence-electron chi connectivity index (χ3n) is 3.13. The van der Waals surface area contributed by atoms with E-state index in [9.17, 15) is 9.18 Å². The van der Waals surface area contributed by atoms with Gasteiger partial charge >= 0.3 is 6.09 Å². The fourth-order valence-corrected chi connectivity index (χ4v) is 2.18. The number of amides is 1. The summed E-state index contributed by atoms with van der Waals surface area (Å²) in [5, 5.41) is 3.38. The molecular weight excluding hydrogens is 333 g/mol. The Hall–Kier alpha value is -1.53. The Bertz CT molecular complexity index is 547. The quantitative estimate of drug-likeness (QED) is 0.468. The fraction of sp³-hybridized carbons (Fsp3) is 0.588. The number of unbranched alkanes of at least 4 members (excludes halogenated alkanes) is 2. The zero-order valence-corrected chi connectivity index (χ0v) is 15.5. The Morgan fingerprint density at radius 1 is 1.29 bits per heavy atom. The molecule has 0 aromatic heterocycles. The van der Waals surface area contributed by atoms with E-state index in [4.69, 9.17) is 16.3 Å². The van der Waals surface area contributed by atoms with Gasteiger partial charge in [0.15, 0.2) is 5.82 Å². The highest BCUT2D eigenvalue weighted by Gasteiger charge is 2.17. The van der Waals surface area contributed by atoms with Gasteiger partial charge in [0.05, 0.1) is 5.02 Å². The van der Waals surface area contributed by atoms with E-state index in [0.717, 1.165) is 25.8 Å². The van der Waals surface area contributed by atoms with E-state index in [1.807, 2.05) is 0 Å². The number of ether oxygens (including phenoxy) is 1. The molecule has 0 fully saturated rings. The first kappa shape index (κ1) is 20.5. The van der Waals surface area contributed by atoms with Crippen LogP contribution in [0.2, 0.25) is 5.02 Å². The SMILES string of the molecule is CCCCCNCc1ccc(Cl)c(NNC(=O)OC(C)(C)C)c1F. The third kappa shape index (κ3) is 7.36. The van der Waals surface area contributed by atoms with E-state index in [2.05, 4.69) is 23.1 Å². The molecule has 0 aliphatic carbocycles. The molecule has 136 valence electrons. The molecule has 0 aliphatic heterocycles. The zero-order chi connectivity index (χ0) is 18.2. The maximum absolute atomic E-state index is 14.5. The van der Waals surface area contributed by atoms with Crippen molar-refractivity contribution in [2.24, 2.45) is 0 Å². The van der Waals surface area contributed by atoms with Gasteiger partial charge in [-0.25, -0.2) is 14.6 Å². The zero-order valence-electron chi connectivity index (χ0n) is 14.8. The number of carbonyl (C=O) groups excluding carboxylic acids is 1. The van der Waals surface area contributed by atoms with E-state index in [0.29, 0.717) is 12.1 Å². The summed E-state index contributed by atoms with van der Waals surface area (Å²) in [6.07, 6.45) is 2.63. The lowest BCUT2D eigenvalue weighted by Crippen LogP contribution is -2.36. The van der Waals surface area contributed by atoms with Crippen LogP contribution in [0.1, 0.15) is 52.5 Å². The number of halogens is 2. The van der Waals surface area contributed by atoms with Crippen molar-refractivity contribution in [1.82, 2.24) is 10.7 Å². The van der Waals surface area contributed by atoms with Crippen molar-refractivity contribution < 1.29 is 13.9 Å². The van der Waals surface area contributed by atoms with Crippen LogP contribution >= 0.6 is 11.6 Å². The van der Waals surface area contributed by atoms with Crippen molar-refractivity contribution in [3.05, 3.63) is 28.5 Å². The Morgan fingerprint density at radius 2 is 2.00 bits per heavy atom. The second-order valence-electron chi connectivity index (χ2n) is 6.53. The minimum Gasteiger partial charge on any atom is -0.443 e. The van der Waals surface area contributed by atoms with Crippen LogP contribution in [-0.2, 0) is 11.3 Å². The lowest BCUT2D eigenvalue weighted by molar-refractivity contribution is 0.0541. The summed E-state index contributed by atoms with van der Waals surface area (Å²) in [5.74, 6) is -0.499. The molecule has 0 spiro atoms. The number of hydrogen-bond acceptors (Lipinski definition) is 4.